The number of thiophene rings is 2. The fourth-order valence-electron chi connectivity index (χ4n) is 4.62. The second kappa shape index (κ2) is 14.3. The number of carbonyl (C=O) groups excluding carboxylic acids is 4. The van der Waals surface area contributed by atoms with Crippen molar-refractivity contribution in [1.82, 2.24) is 4.98 Å². The van der Waals surface area contributed by atoms with Gasteiger partial charge in [0.1, 0.15) is 32.5 Å². The summed E-state index contributed by atoms with van der Waals surface area (Å²) in [5.74, 6) is -2.34. The number of ether oxygens (including phenoxy) is 2. The Morgan fingerprint density at radius 1 is 0.630 bits per heavy atom. The van der Waals surface area contributed by atoms with Gasteiger partial charge in [-0.2, -0.15) is 0 Å². The van der Waals surface area contributed by atoms with Crippen molar-refractivity contribution < 1.29 is 28.7 Å². The van der Waals surface area contributed by atoms with Crippen LogP contribution in [0.15, 0.2) is 77.5 Å². The molecule has 0 spiro atoms. The van der Waals surface area contributed by atoms with Crippen LogP contribution in [0.2, 0.25) is 0 Å². The average molecular weight is 654 g/mol. The van der Waals surface area contributed by atoms with Crippen molar-refractivity contribution >= 4 is 56.4 Å². The molecule has 9 nitrogen and oxygen atoms in total. The molecule has 0 aliphatic rings. The van der Waals surface area contributed by atoms with E-state index in [2.05, 4.69) is 15.6 Å². The van der Waals surface area contributed by atoms with Crippen LogP contribution in [-0.2, 0) is 9.47 Å². The summed E-state index contributed by atoms with van der Waals surface area (Å²) in [5.41, 5.74) is 5.45. The van der Waals surface area contributed by atoms with E-state index in [9.17, 15) is 19.2 Å². The first-order valence-electron chi connectivity index (χ1n) is 14.5. The molecule has 3 heterocycles. The number of hydrogen-bond donors (Lipinski definition) is 2. The van der Waals surface area contributed by atoms with Gasteiger partial charge in [0.2, 0.25) is 0 Å². The Hall–Kier alpha value is -5.13. The summed E-state index contributed by atoms with van der Waals surface area (Å²) in [6.07, 6.45) is 0. The van der Waals surface area contributed by atoms with Crippen LogP contribution in [0.3, 0.4) is 0 Å². The minimum absolute atomic E-state index is 0.0371. The number of benzene rings is 2. The number of pyridine rings is 1. The third kappa shape index (κ3) is 7.06. The van der Waals surface area contributed by atoms with Gasteiger partial charge in [-0.25, -0.2) is 14.6 Å². The third-order valence-electron chi connectivity index (χ3n) is 6.93. The van der Waals surface area contributed by atoms with Crippen molar-refractivity contribution in [1.29, 1.82) is 0 Å². The zero-order chi connectivity index (χ0) is 32.8. The molecule has 2 N–H and O–H groups in total. The molecule has 0 radical (unpaired) electrons. The molecule has 2 amide bonds. The lowest BCUT2D eigenvalue weighted by Crippen LogP contribution is -2.20. The first-order valence-corrected chi connectivity index (χ1v) is 16.3. The molecule has 0 aliphatic heterocycles. The van der Waals surface area contributed by atoms with Crippen molar-refractivity contribution in [3.63, 3.8) is 0 Å². The lowest BCUT2D eigenvalue weighted by Gasteiger charge is -2.10. The maximum Gasteiger partial charge on any atom is 0.341 e. The van der Waals surface area contributed by atoms with Crippen molar-refractivity contribution in [2.45, 2.75) is 27.7 Å². The highest BCUT2D eigenvalue weighted by atomic mass is 32.1. The second-order valence-electron chi connectivity index (χ2n) is 10.2. The van der Waals surface area contributed by atoms with E-state index in [1.807, 2.05) is 62.4 Å². The normalized spacial score (nSPS) is 10.7. The van der Waals surface area contributed by atoms with Crippen LogP contribution in [0.5, 0.6) is 0 Å². The van der Waals surface area contributed by atoms with E-state index in [1.165, 1.54) is 40.9 Å². The molecular formula is C35H31N3O6S2. The van der Waals surface area contributed by atoms with Gasteiger partial charge in [-0.05, 0) is 51.0 Å². The van der Waals surface area contributed by atoms with Crippen molar-refractivity contribution in [3.8, 4) is 22.3 Å². The van der Waals surface area contributed by atoms with Gasteiger partial charge in [0.25, 0.3) is 11.8 Å². The molecule has 0 bridgehead atoms. The Labute approximate surface area is 274 Å². The van der Waals surface area contributed by atoms with Crippen molar-refractivity contribution in [3.05, 3.63) is 111 Å². The molecule has 0 atom stereocenters. The zero-order valence-corrected chi connectivity index (χ0v) is 27.3. The Balaban J connectivity index is 1.40. The lowest BCUT2D eigenvalue weighted by atomic mass is 10.0. The van der Waals surface area contributed by atoms with Crippen LogP contribution in [0.1, 0.15) is 66.7 Å². The number of hydrogen-bond acceptors (Lipinski definition) is 9. The highest BCUT2D eigenvalue weighted by Crippen LogP contribution is 2.38. The number of carbonyl (C=O) groups is 4. The molecule has 0 aliphatic carbocycles. The Bertz CT molecular complexity index is 1770. The van der Waals surface area contributed by atoms with E-state index >= 15 is 0 Å². The first-order chi connectivity index (χ1) is 22.2. The summed E-state index contributed by atoms with van der Waals surface area (Å²) in [7, 11) is 0. The molecule has 2 aromatic carbocycles. The minimum Gasteiger partial charge on any atom is -0.462 e. The number of anilines is 2. The molecule has 5 aromatic rings. The van der Waals surface area contributed by atoms with Crippen LogP contribution in [0.25, 0.3) is 22.3 Å². The summed E-state index contributed by atoms with van der Waals surface area (Å²) >= 11 is 2.38. The van der Waals surface area contributed by atoms with Crippen molar-refractivity contribution in [2.24, 2.45) is 0 Å². The van der Waals surface area contributed by atoms with Gasteiger partial charge in [-0.15, -0.1) is 22.7 Å². The SMILES string of the molecule is CCOC(=O)c1c(-c2ccc(C)cc2)csc1NC(=O)c1cccc(C(=O)Nc2scc(-c3ccc(C)cc3)c2C(=O)OCC)n1. The monoisotopic (exact) mass is 653 g/mol. The number of aryl methyl sites for hydroxylation is 2. The highest BCUT2D eigenvalue weighted by Gasteiger charge is 2.26. The summed E-state index contributed by atoms with van der Waals surface area (Å²) < 4.78 is 10.6. The summed E-state index contributed by atoms with van der Waals surface area (Å²) in [6.45, 7) is 7.71. The number of aromatic nitrogens is 1. The number of nitrogens with zero attached hydrogens (tertiary/aromatic N) is 1. The van der Waals surface area contributed by atoms with Gasteiger partial charge in [-0.3, -0.25) is 9.59 Å². The standard InChI is InChI=1S/C35H31N3O6S2/c1-5-43-34(41)28-24(22-14-10-20(3)11-15-22)18-45-32(28)37-30(39)26-8-7-9-27(36-26)31(40)38-33-29(35(42)44-6-2)25(19-46-33)23-16-12-21(4)13-17-23/h7-19H,5-6H2,1-4H3,(H,37,39)(H,38,40). The fraction of sp³-hybridized carbons (Fsp3) is 0.171. The topological polar surface area (TPSA) is 124 Å². The van der Waals surface area contributed by atoms with Gasteiger partial charge in [0, 0.05) is 21.9 Å². The molecule has 0 unspecified atom stereocenters. The predicted molar refractivity (Wildman–Crippen MR) is 181 cm³/mol. The Morgan fingerprint density at radius 2 is 1.02 bits per heavy atom. The predicted octanol–water partition coefficient (Wildman–Crippen LogP) is 8.01. The Morgan fingerprint density at radius 3 is 1.39 bits per heavy atom. The van der Waals surface area contributed by atoms with E-state index in [-0.39, 0.29) is 35.7 Å². The summed E-state index contributed by atoms with van der Waals surface area (Å²) in [6, 6.07) is 19.8. The largest absolute Gasteiger partial charge is 0.462 e. The van der Waals surface area contributed by atoms with E-state index in [1.54, 1.807) is 24.6 Å². The van der Waals surface area contributed by atoms with Gasteiger partial charge < -0.3 is 20.1 Å². The van der Waals surface area contributed by atoms with Crippen molar-refractivity contribution in [2.75, 3.05) is 23.8 Å². The molecule has 0 fully saturated rings. The third-order valence-corrected chi connectivity index (χ3v) is 8.73. The van der Waals surface area contributed by atoms with Gasteiger partial charge in [0.05, 0.1) is 13.2 Å². The maximum atomic E-state index is 13.4. The average Bonchev–Trinajstić information content (AvgIpc) is 3.66. The van der Waals surface area contributed by atoms with Gasteiger partial charge >= 0.3 is 11.9 Å². The van der Waals surface area contributed by atoms with Crippen LogP contribution >= 0.6 is 22.7 Å². The Kier molecular flexibility index (Phi) is 10.0. The summed E-state index contributed by atoms with van der Waals surface area (Å²) in [4.78, 5) is 57.0. The quantitative estimate of drug-likeness (QED) is 0.146. The minimum atomic E-state index is -0.609. The molecule has 234 valence electrons. The highest BCUT2D eigenvalue weighted by molar-refractivity contribution is 7.15. The molecule has 0 saturated heterocycles. The van der Waals surface area contributed by atoms with E-state index in [0.717, 1.165) is 22.3 Å². The molecule has 3 aromatic heterocycles. The number of amides is 2. The lowest BCUT2D eigenvalue weighted by molar-refractivity contribution is 0.0519. The second-order valence-corrected chi connectivity index (χ2v) is 12.0. The van der Waals surface area contributed by atoms with E-state index in [0.29, 0.717) is 21.1 Å². The molecule has 5 rings (SSSR count). The fourth-order valence-corrected chi connectivity index (χ4v) is 6.53. The van der Waals surface area contributed by atoms with Crippen LogP contribution < -0.4 is 10.6 Å². The number of rotatable bonds is 10. The number of nitrogens with one attached hydrogen (secondary N) is 2. The summed E-state index contributed by atoms with van der Waals surface area (Å²) in [5, 5.41) is 9.73. The zero-order valence-electron chi connectivity index (χ0n) is 25.6. The van der Waals surface area contributed by atoms with E-state index < -0.39 is 23.8 Å². The van der Waals surface area contributed by atoms with Crippen LogP contribution in [-0.4, -0.2) is 42.0 Å². The van der Waals surface area contributed by atoms with Gasteiger partial charge in [-0.1, -0.05) is 65.7 Å². The smallest absolute Gasteiger partial charge is 0.341 e. The van der Waals surface area contributed by atoms with E-state index in [4.69, 9.17) is 9.47 Å². The molecule has 0 saturated carbocycles. The maximum absolute atomic E-state index is 13.4. The first kappa shape index (κ1) is 32.3. The molecule has 11 heteroatoms. The van der Waals surface area contributed by atoms with Crippen LogP contribution in [0.4, 0.5) is 10.0 Å². The van der Waals surface area contributed by atoms with Gasteiger partial charge in [0.15, 0.2) is 0 Å². The molecular weight excluding hydrogens is 623 g/mol. The number of esters is 2. The molecule has 46 heavy (non-hydrogen) atoms. The van der Waals surface area contributed by atoms with Crippen LogP contribution in [0, 0.1) is 13.8 Å².